The fourth-order valence-corrected chi connectivity index (χ4v) is 3.01. The van der Waals surface area contributed by atoms with Crippen molar-refractivity contribution in [1.82, 2.24) is 14.8 Å². The maximum atomic E-state index is 13.4. The van der Waals surface area contributed by atoms with Gasteiger partial charge in [-0.3, -0.25) is 4.79 Å². The summed E-state index contributed by atoms with van der Waals surface area (Å²) in [7, 11) is 0. The van der Waals surface area contributed by atoms with Crippen LogP contribution in [0, 0.1) is 6.92 Å². The number of aromatic nitrogens is 3. The minimum Gasteiger partial charge on any atom is -0.488 e. The second-order valence-electron chi connectivity index (χ2n) is 6.11. The molecule has 1 aliphatic rings. The number of carbonyl (C=O) groups is 1. The van der Waals surface area contributed by atoms with Crippen LogP contribution in [0.1, 0.15) is 21.6 Å². The zero-order chi connectivity index (χ0) is 19.3. The first kappa shape index (κ1) is 17.1. The van der Waals surface area contributed by atoms with Crippen LogP contribution in [0.5, 0.6) is 5.75 Å². The smallest absolute Gasteiger partial charge is 0.417 e. The molecule has 0 bridgehead atoms. The van der Waals surface area contributed by atoms with Gasteiger partial charge in [-0.15, -0.1) is 5.10 Å². The number of nitrogens with two attached hydrogens (primary N) is 1. The molecule has 0 saturated heterocycles. The van der Waals surface area contributed by atoms with Crippen LogP contribution < -0.4 is 10.5 Å². The van der Waals surface area contributed by atoms with E-state index >= 15 is 0 Å². The zero-order valence-electron chi connectivity index (χ0n) is 14.0. The number of nitrogens with zero attached hydrogens (tertiary/aromatic N) is 3. The Bertz CT molecular complexity index is 1120. The van der Waals surface area contributed by atoms with Gasteiger partial charge in [-0.25, -0.2) is 4.98 Å². The Morgan fingerprint density at radius 2 is 2.04 bits per heavy atom. The lowest BCUT2D eigenvalue weighted by molar-refractivity contribution is -0.136. The van der Waals surface area contributed by atoms with Crippen molar-refractivity contribution >= 4 is 28.8 Å². The van der Waals surface area contributed by atoms with Crippen LogP contribution in [-0.2, 0) is 6.18 Å². The van der Waals surface area contributed by atoms with Gasteiger partial charge in [0.15, 0.2) is 11.5 Å². The van der Waals surface area contributed by atoms with Crippen LogP contribution in [0.3, 0.4) is 0 Å². The summed E-state index contributed by atoms with van der Waals surface area (Å²) in [6.07, 6.45) is -3.03. The average molecular weight is 374 g/mol. The lowest BCUT2D eigenvalue weighted by atomic mass is 10.1. The highest BCUT2D eigenvalue weighted by Gasteiger charge is 2.36. The Kier molecular flexibility index (Phi) is 3.69. The molecular formula is C18H13F3N4O2. The number of benzene rings is 1. The summed E-state index contributed by atoms with van der Waals surface area (Å²) in [5.41, 5.74) is 5.51. The van der Waals surface area contributed by atoms with E-state index in [1.54, 1.807) is 30.3 Å². The molecular weight excluding hydrogens is 361 g/mol. The van der Waals surface area contributed by atoms with Gasteiger partial charge in [0.2, 0.25) is 0 Å². The first-order valence-corrected chi connectivity index (χ1v) is 7.96. The molecule has 27 heavy (non-hydrogen) atoms. The van der Waals surface area contributed by atoms with Crippen molar-refractivity contribution in [1.29, 1.82) is 0 Å². The third kappa shape index (κ3) is 2.80. The van der Waals surface area contributed by atoms with Gasteiger partial charge >= 0.3 is 6.18 Å². The van der Waals surface area contributed by atoms with Crippen LogP contribution in [-0.4, -0.2) is 27.3 Å². The summed E-state index contributed by atoms with van der Waals surface area (Å²) >= 11 is 0. The number of nitrogen functional groups attached to an aromatic ring is 1. The molecule has 1 aliphatic heterocycles. The third-order valence-electron chi connectivity index (χ3n) is 4.20. The van der Waals surface area contributed by atoms with E-state index in [0.717, 1.165) is 10.7 Å². The topological polar surface area (TPSA) is 83.0 Å². The van der Waals surface area contributed by atoms with Crippen molar-refractivity contribution in [3.8, 4) is 5.75 Å². The monoisotopic (exact) mass is 374 g/mol. The molecule has 0 atom stereocenters. The van der Waals surface area contributed by atoms with Crippen LogP contribution in [0.15, 0.2) is 35.9 Å². The van der Waals surface area contributed by atoms with Crippen molar-refractivity contribution < 1.29 is 22.7 Å². The van der Waals surface area contributed by atoms with Gasteiger partial charge in [-0.1, -0.05) is 18.2 Å². The van der Waals surface area contributed by atoms with Crippen molar-refractivity contribution in [2.45, 2.75) is 13.1 Å². The largest absolute Gasteiger partial charge is 0.488 e. The summed E-state index contributed by atoms with van der Waals surface area (Å²) in [6, 6.07) is 7.99. The molecule has 1 aromatic carbocycles. The summed E-state index contributed by atoms with van der Waals surface area (Å²) in [6.45, 7) is 1.38. The second kappa shape index (κ2) is 5.83. The maximum absolute atomic E-state index is 13.4. The predicted octanol–water partition coefficient (Wildman–Crippen LogP) is 3.46. The molecule has 2 N–H and O–H groups in total. The molecule has 138 valence electrons. The van der Waals surface area contributed by atoms with Crippen molar-refractivity contribution in [2.75, 3.05) is 12.3 Å². The highest BCUT2D eigenvalue weighted by atomic mass is 19.4. The number of rotatable bonds is 1. The van der Waals surface area contributed by atoms with E-state index in [1.165, 1.54) is 6.92 Å². The SMILES string of the molecule is Cc1cc(C(F)(F)F)c2c(N)nn(C(=O)C3=Cc4ccccc4OC3)c2n1. The van der Waals surface area contributed by atoms with Crippen LogP contribution >= 0.6 is 0 Å². The maximum Gasteiger partial charge on any atom is 0.417 e. The number of carbonyl (C=O) groups excluding carboxylic acids is 1. The Morgan fingerprint density at radius 3 is 2.78 bits per heavy atom. The zero-order valence-corrected chi connectivity index (χ0v) is 14.0. The fraction of sp³-hybridized carbons (Fsp3) is 0.167. The lowest BCUT2D eigenvalue weighted by Gasteiger charge is -2.17. The summed E-state index contributed by atoms with van der Waals surface area (Å²) < 4.78 is 46.5. The summed E-state index contributed by atoms with van der Waals surface area (Å²) in [5, 5.41) is 3.43. The fourth-order valence-electron chi connectivity index (χ4n) is 3.01. The average Bonchev–Trinajstić information content (AvgIpc) is 2.95. The molecule has 0 aliphatic carbocycles. The number of alkyl halides is 3. The Balaban J connectivity index is 1.87. The summed E-state index contributed by atoms with van der Waals surface area (Å²) in [4.78, 5) is 16.9. The number of hydrogen-bond acceptors (Lipinski definition) is 5. The van der Waals surface area contributed by atoms with E-state index in [1.807, 2.05) is 0 Å². The first-order valence-electron chi connectivity index (χ1n) is 7.96. The highest BCUT2D eigenvalue weighted by molar-refractivity contribution is 6.06. The van der Waals surface area contributed by atoms with E-state index in [4.69, 9.17) is 10.5 Å². The number of aryl methyl sites for hydroxylation is 1. The van der Waals surface area contributed by atoms with Gasteiger partial charge in [0.25, 0.3) is 5.91 Å². The Morgan fingerprint density at radius 1 is 1.30 bits per heavy atom. The van der Waals surface area contributed by atoms with Gasteiger partial charge in [-0.2, -0.15) is 17.9 Å². The van der Waals surface area contributed by atoms with Crippen LogP contribution in [0.2, 0.25) is 0 Å². The van der Waals surface area contributed by atoms with Gasteiger partial charge in [0.05, 0.1) is 16.5 Å². The van der Waals surface area contributed by atoms with E-state index in [-0.39, 0.29) is 28.9 Å². The van der Waals surface area contributed by atoms with Crippen LogP contribution in [0.25, 0.3) is 17.1 Å². The number of para-hydroxylation sites is 1. The van der Waals surface area contributed by atoms with E-state index < -0.39 is 23.5 Å². The predicted molar refractivity (Wildman–Crippen MR) is 92.2 cm³/mol. The standard InChI is InChI=1S/C18H13F3N4O2/c1-9-6-12(18(19,20)21)14-15(22)24-25(16(14)23-9)17(26)11-7-10-4-2-3-5-13(10)27-8-11/h2-7H,8H2,1H3,(H2,22,24). The molecule has 0 fully saturated rings. The molecule has 3 heterocycles. The number of ether oxygens (including phenoxy) is 1. The van der Waals surface area contributed by atoms with Crippen molar-refractivity contribution in [3.63, 3.8) is 0 Å². The molecule has 0 radical (unpaired) electrons. The Labute approximate surface area is 151 Å². The third-order valence-corrected chi connectivity index (χ3v) is 4.20. The first-order chi connectivity index (χ1) is 12.8. The minimum absolute atomic E-state index is 0.0327. The molecule has 2 aromatic heterocycles. The number of pyridine rings is 1. The van der Waals surface area contributed by atoms with E-state index in [0.29, 0.717) is 11.3 Å². The molecule has 6 nitrogen and oxygen atoms in total. The van der Waals surface area contributed by atoms with Gasteiger partial charge < -0.3 is 10.5 Å². The Hall–Kier alpha value is -3.36. The molecule has 9 heteroatoms. The van der Waals surface area contributed by atoms with Crippen molar-refractivity contribution in [2.24, 2.45) is 0 Å². The van der Waals surface area contributed by atoms with Gasteiger partial charge in [0.1, 0.15) is 12.4 Å². The number of anilines is 1. The van der Waals surface area contributed by atoms with Gasteiger partial charge in [-0.05, 0) is 25.1 Å². The molecule has 0 unspecified atom stereocenters. The molecule has 0 amide bonds. The molecule has 0 saturated carbocycles. The minimum atomic E-state index is -4.65. The van der Waals surface area contributed by atoms with Crippen LogP contribution in [0.4, 0.5) is 19.0 Å². The normalized spacial score (nSPS) is 13.9. The highest BCUT2D eigenvalue weighted by Crippen LogP contribution is 2.37. The summed E-state index contributed by atoms with van der Waals surface area (Å²) in [5.74, 6) is -0.430. The quantitative estimate of drug-likeness (QED) is 0.705. The molecule has 4 rings (SSSR count). The number of hydrogen-bond donors (Lipinski definition) is 1. The number of halogens is 3. The molecule has 3 aromatic rings. The second-order valence-corrected chi connectivity index (χ2v) is 6.11. The van der Waals surface area contributed by atoms with Gasteiger partial charge in [0, 0.05) is 11.3 Å². The number of fused-ring (bicyclic) bond motifs is 2. The van der Waals surface area contributed by atoms with E-state index in [2.05, 4.69) is 10.1 Å². The van der Waals surface area contributed by atoms with Crippen molar-refractivity contribution in [3.05, 3.63) is 52.7 Å². The lowest BCUT2D eigenvalue weighted by Crippen LogP contribution is -2.22. The van der Waals surface area contributed by atoms with E-state index in [9.17, 15) is 18.0 Å². The molecule has 0 spiro atoms.